The quantitative estimate of drug-likeness (QED) is 0.846. The minimum absolute atomic E-state index is 0.659. The molecule has 1 N–H and O–H groups in total. The van der Waals surface area contributed by atoms with Gasteiger partial charge in [0.05, 0.1) is 5.69 Å². The second-order valence-electron chi connectivity index (χ2n) is 4.63. The SMILES string of the molecule is CC(C)(C)OC(=O)n1cnc([C@H](O)C(F)(F)F)c1. The maximum absolute atomic E-state index is 12.2. The van der Waals surface area contributed by atoms with Crippen molar-refractivity contribution in [3.8, 4) is 0 Å². The summed E-state index contributed by atoms with van der Waals surface area (Å²) in [5, 5.41) is 8.93. The number of nitrogens with zero attached hydrogens (tertiary/aromatic N) is 2. The van der Waals surface area contributed by atoms with Gasteiger partial charge >= 0.3 is 12.3 Å². The molecule has 0 spiro atoms. The Hall–Kier alpha value is -1.57. The fourth-order valence-corrected chi connectivity index (χ4v) is 1.06. The molecule has 0 aromatic carbocycles. The Morgan fingerprint density at radius 3 is 2.44 bits per heavy atom. The summed E-state index contributed by atoms with van der Waals surface area (Å²) in [6.45, 7) is 4.86. The van der Waals surface area contributed by atoms with E-state index in [4.69, 9.17) is 9.84 Å². The molecular weight excluding hydrogens is 253 g/mol. The van der Waals surface area contributed by atoms with Crippen LogP contribution in [0.5, 0.6) is 0 Å². The largest absolute Gasteiger partial charge is 0.443 e. The molecule has 1 aromatic rings. The second kappa shape index (κ2) is 4.60. The van der Waals surface area contributed by atoms with Crippen LogP contribution in [0, 0.1) is 0 Å². The third-order valence-electron chi connectivity index (χ3n) is 1.80. The molecule has 0 saturated carbocycles. The van der Waals surface area contributed by atoms with Crippen LogP contribution in [0.2, 0.25) is 0 Å². The Morgan fingerprint density at radius 2 is 2.00 bits per heavy atom. The molecule has 0 aliphatic carbocycles. The summed E-state index contributed by atoms with van der Waals surface area (Å²) < 4.78 is 42.3. The van der Waals surface area contributed by atoms with Crippen LogP contribution in [-0.4, -0.2) is 32.5 Å². The van der Waals surface area contributed by atoms with Gasteiger partial charge in [-0.2, -0.15) is 13.2 Å². The third kappa shape index (κ3) is 3.73. The molecule has 1 rings (SSSR count). The summed E-state index contributed by atoms with van der Waals surface area (Å²) in [7, 11) is 0. The minimum Gasteiger partial charge on any atom is -0.443 e. The van der Waals surface area contributed by atoms with E-state index < -0.39 is 29.7 Å². The van der Waals surface area contributed by atoms with E-state index in [9.17, 15) is 18.0 Å². The highest BCUT2D eigenvalue weighted by Crippen LogP contribution is 2.31. The first kappa shape index (κ1) is 14.5. The molecular formula is C10H13F3N2O3. The molecule has 1 aromatic heterocycles. The smallest absolute Gasteiger partial charge is 0.420 e. The molecule has 0 amide bonds. The van der Waals surface area contributed by atoms with Crippen molar-refractivity contribution in [1.29, 1.82) is 0 Å². The van der Waals surface area contributed by atoms with Crippen molar-refractivity contribution in [2.24, 2.45) is 0 Å². The summed E-state index contributed by atoms with van der Waals surface area (Å²) in [6.07, 6.45) is -6.77. The van der Waals surface area contributed by atoms with Crippen molar-refractivity contribution in [1.82, 2.24) is 9.55 Å². The molecule has 0 saturated heterocycles. The lowest BCUT2D eigenvalue weighted by molar-refractivity contribution is -0.207. The molecule has 102 valence electrons. The molecule has 18 heavy (non-hydrogen) atoms. The number of hydrogen-bond donors (Lipinski definition) is 1. The van der Waals surface area contributed by atoms with Gasteiger partial charge in [0, 0.05) is 6.20 Å². The molecule has 5 nitrogen and oxygen atoms in total. The van der Waals surface area contributed by atoms with Crippen LogP contribution in [-0.2, 0) is 4.74 Å². The molecule has 0 aliphatic heterocycles. The second-order valence-corrected chi connectivity index (χ2v) is 4.63. The Morgan fingerprint density at radius 1 is 1.44 bits per heavy atom. The molecule has 0 fully saturated rings. The van der Waals surface area contributed by atoms with Gasteiger partial charge in [0.15, 0.2) is 6.10 Å². The Bertz CT molecular complexity index is 434. The fraction of sp³-hybridized carbons (Fsp3) is 0.600. The van der Waals surface area contributed by atoms with Crippen molar-refractivity contribution >= 4 is 6.09 Å². The number of imidazole rings is 1. The maximum Gasteiger partial charge on any atom is 0.420 e. The highest BCUT2D eigenvalue weighted by molar-refractivity contribution is 5.70. The highest BCUT2D eigenvalue weighted by Gasteiger charge is 2.41. The van der Waals surface area contributed by atoms with E-state index >= 15 is 0 Å². The number of hydrogen-bond acceptors (Lipinski definition) is 4. The van der Waals surface area contributed by atoms with Gasteiger partial charge < -0.3 is 9.84 Å². The fourth-order valence-electron chi connectivity index (χ4n) is 1.06. The van der Waals surface area contributed by atoms with E-state index in [0.29, 0.717) is 0 Å². The standard InChI is InChI=1S/C10H13F3N2O3/c1-9(2,3)18-8(17)15-4-6(14-5-15)7(16)10(11,12)13/h4-5,7,16H,1-3H3/t7-/m0/s1. The topological polar surface area (TPSA) is 64.4 Å². The van der Waals surface area contributed by atoms with Crippen molar-refractivity contribution in [3.63, 3.8) is 0 Å². The zero-order valence-corrected chi connectivity index (χ0v) is 10.0. The lowest BCUT2D eigenvalue weighted by Crippen LogP contribution is -2.26. The van der Waals surface area contributed by atoms with Gasteiger partial charge in [-0.25, -0.2) is 14.3 Å². The molecule has 0 bridgehead atoms. The van der Waals surface area contributed by atoms with Crippen molar-refractivity contribution in [2.45, 2.75) is 38.7 Å². The van der Waals surface area contributed by atoms with Crippen molar-refractivity contribution in [2.75, 3.05) is 0 Å². The Kier molecular flexibility index (Phi) is 3.70. The first-order valence-electron chi connectivity index (χ1n) is 5.03. The maximum atomic E-state index is 12.2. The van der Waals surface area contributed by atoms with Crippen LogP contribution in [0.4, 0.5) is 18.0 Å². The predicted molar refractivity (Wildman–Crippen MR) is 54.9 cm³/mol. The van der Waals surface area contributed by atoms with Gasteiger partial charge in [0.25, 0.3) is 0 Å². The monoisotopic (exact) mass is 266 g/mol. The van der Waals surface area contributed by atoms with Crippen LogP contribution in [0.1, 0.15) is 32.6 Å². The molecule has 8 heteroatoms. The van der Waals surface area contributed by atoms with Crippen molar-refractivity contribution < 1.29 is 27.8 Å². The van der Waals surface area contributed by atoms with Gasteiger partial charge in [0.1, 0.15) is 11.9 Å². The summed E-state index contributed by atoms with van der Waals surface area (Å²) in [5.74, 6) is 0. The number of carbonyl (C=O) groups excluding carboxylic acids is 1. The summed E-state index contributed by atoms with van der Waals surface area (Å²) in [4.78, 5) is 14.8. The van der Waals surface area contributed by atoms with E-state index in [1.54, 1.807) is 20.8 Å². The lowest BCUT2D eigenvalue weighted by atomic mass is 10.2. The minimum atomic E-state index is -4.83. The molecule has 0 unspecified atom stereocenters. The zero-order valence-electron chi connectivity index (χ0n) is 10.0. The van der Waals surface area contributed by atoms with Gasteiger partial charge in [-0.1, -0.05) is 0 Å². The normalized spacial score (nSPS) is 14.4. The van der Waals surface area contributed by atoms with Crippen LogP contribution < -0.4 is 0 Å². The first-order valence-corrected chi connectivity index (χ1v) is 5.03. The van der Waals surface area contributed by atoms with Crippen LogP contribution >= 0.6 is 0 Å². The van der Waals surface area contributed by atoms with Crippen LogP contribution in [0.25, 0.3) is 0 Å². The van der Waals surface area contributed by atoms with Crippen LogP contribution in [0.3, 0.4) is 0 Å². The number of aliphatic hydroxyl groups is 1. The van der Waals surface area contributed by atoms with Gasteiger partial charge in [-0.05, 0) is 20.8 Å². The van der Waals surface area contributed by atoms with E-state index in [1.807, 2.05) is 0 Å². The van der Waals surface area contributed by atoms with Gasteiger partial charge in [-0.3, -0.25) is 0 Å². The highest BCUT2D eigenvalue weighted by atomic mass is 19.4. The number of rotatable bonds is 1. The van der Waals surface area contributed by atoms with E-state index in [-0.39, 0.29) is 0 Å². The van der Waals surface area contributed by atoms with Crippen LogP contribution in [0.15, 0.2) is 12.5 Å². The van der Waals surface area contributed by atoms with E-state index in [1.165, 1.54) is 0 Å². The third-order valence-corrected chi connectivity index (χ3v) is 1.80. The number of alkyl halides is 3. The van der Waals surface area contributed by atoms with Crippen molar-refractivity contribution in [3.05, 3.63) is 18.2 Å². The summed E-state index contributed by atoms with van der Waals surface area (Å²) in [5.41, 5.74) is -1.43. The number of aromatic nitrogens is 2. The van der Waals surface area contributed by atoms with E-state index in [0.717, 1.165) is 17.1 Å². The molecule has 0 radical (unpaired) electrons. The van der Waals surface area contributed by atoms with Gasteiger partial charge in [-0.15, -0.1) is 0 Å². The number of ether oxygens (including phenoxy) is 1. The number of halogens is 3. The predicted octanol–water partition coefficient (Wildman–Crippen LogP) is 2.26. The van der Waals surface area contributed by atoms with E-state index in [2.05, 4.69) is 4.98 Å². The Balaban J connectivity index is 2.84. The number of carbonyl (C=O) groups is 1. The zero-order chi connectivity index (χ0) is 14.1. The average molecular weight is 266 g/mol. The average Bonchev–Trinajstić information content (AvgIpc) is 2.60. The first-order chi connectivity index (χ1) is 8.00. The molecule has 1 heterocycles. The molecule has 1 atom stereocenters. The molecule has 0 aliphatic rings. The number of aliphatic hydroxyl groups excluding tert-OH is 1. The Labute approximate surface area is 101 Å². The summed E-state index contributed by atoms with van der Waals surface area (Å²) >= 11 is 0. The summed E-state index contributed by atoms with van der Waals surface area (Å²) in [6, 6.07) is 0. The van der Waals surface area contributed by atoms with Gasteiger partial charge in [0.2, 0.25) is 0 Å². The lowest BCUT2D eigenvalue weighted by Gasteiger charge is -2.19.